The summed E-state index contributed by atoms with van der Waals surface area (Å²) in [7, 11) is 0. The topological polar surface area (TPSA) is 32.7 Å². The number of aliphatic hydroxyl groups is 1. The summed E-state index contributed by atoms with van der Waals surface area (Å²) in [6, 6.07) is 2.10. The maximum atomic E-state index is 10.6. The molecule has 2 unspecified atom stereocenters. The lowest BCUT2D eigenvalue weighted by atomic mass is 9.86. The third-order valence-corrected chi connectivity index (χ3v) is 4.91. The first-order valence-corrected chi connectivity index (χ1v) is 7.63. The predicted molar refractivity (Wildman–Crippen MR) is 75.1 cm³/mol. The van der Waals surface area contributed by atoms with Crippen LogP contribution in [0.5, 0.6) is 0 Å². The zero-order valence-electron chi connectivity index (χ0n) is 11.3. The van der Waals surface area contributed by atoms with Gasteiger partial charge in [-0.3, -0.25) is 4.90 Å². The van der Waals surface area contributed by atoms with Crippen LogP contribution in [0.25, 0.3) is 0 Å². The van der Waals surface area contributed by atoms with Crippen LogP contribution in [0.2, 0.25) is 0 Å². The minimum absolute atomic E-state index is 0.147. The number of nitrogens with zero attached hydrogens (tertiary/aromatic N) is 1. The van der Waals surface area contributed by atoms with E-state index in [0.29, 0.717) is 0 Å². The first-order chi connectivity index (χ1) is 8.66. The number of thiophene rings is 1. The minimum Gasteiger partial charge on any atom is -0.391 e. The van der Waals surface area contributed by atoms with Gasteiger partial charge in [0.25, 0.3) is 0 Å². The molecule has 1 fully saturated rings. The summed E-state index contributed by atoms with van der Waals surface area (Å²) in [5.74, 6) is 0. The summed E-state index contributed by atoms with van der Waals surface area (Å²) in [6.07, 6.45) is 1.37. The molecule has 18 heavy (non-hydrogen) atoms. The molecule has 0 radical (unpaired) electrons. The van der Waals surface area contributed by atoms with Crippen molar-refractivity contribution in [2.75, 3.05) is 26.3 Å². The molecule has 0 spiro atoms. The average Bonchev–Trinajstić information content (AvgIpc) is 2.91. The zero-order valence-corrected chi connectivity index (χ0v) is 12.1. The van der Waals surface area contributed by atoms with E-state index in [0.717, 1.165) is 39.1 Å². The molecular formula is C14H23NO2S. The monoisotopic (exact) mass is 269 g/mol. The summed E-state index contributed by atoms with van der Waals surface area (Å²) in [4.78, 5) is 2.38. The van der Waals surface area contributed by atoms with Gasteiger partial charge in [-0.15, -0.1) is 0 Å². The first-order valence-electron chi connectivity index (χ1n) is 6.68. The highest BCUT2D eigenvalue weighted by Gasteiger charge is 2.37. The quantitative estimate of drug-likeness (QED) is 0.889. The van der Waals surface area contributed by atoms with Crippen molar-refractivity contribution in [2.24, 2.45) is 0 Å². The van der Waals surface area contributed by atoms with Gasteiger partial charge in [-0.2, -0.15) is 11.3 Å². The van der Waals surface area contributed by atoms with E-state index in [4.69, 9.17) is 4.74 Å². The maximum absolute atomic E-state index is 10.6. The van der Waals surface area contributed by atoms with Crippen LogP contribution in [0.15, 0.2) is 16.8 Å². The number of hydrogen-bond acceptors (Lipinski definition) is 4. The lowest BCUT2D eigenvalue weighted by molar-refractivity contribution is -0.0714. The van der Waals surface area contributed by atoms with Crippen LogP contribution in [0.4, 0.5) is 0 Å². The zero-order chi connectivity index (χ0) is 13.0. The van der Waals surface area contributed by atoms with Crippen molar-refractivity contribution in [2.45, 2.75) is 38.3 Å². The Kier molecular flexibility index (Phi) is 4.78. The molecule has 0 aromatic carbocycles. The van der Waals surface area contributed by atoms with Crippen LogP contribution in [0.3, 0.4) is 0 Å². The minimum atomic E-state index is -0.324. The van der Waals surface area contributed by atoms with E-state index in [9.17, 15) is 5.11 Å². The second-order valence-corrected chi connectivity index (χ2v) is 5.94. The van der Waals surface area contributed by atoms with Gasteiger partial charge in [0.1, 0.15) is 0 Å². The maximum Gasteiger partial charge on any atom is 0.0761 e. The molecule has 0 bridgehead atoms. The standard InChI is InChI=1S/C14H23NO2S/c1-3-14(2,15-5-7-17-8-6-15)13(16)10-12-4-9-18-11-12/h4,9,11,13,16H,3,5-8,10H2,1-2H3. The van der Waals surface area contributed by atoms with Crippen LogP contribution >= 0.6 is 11.3 Å². The average molecular weight is 269 g/mol. The Morgan fingerprint density at radius 3 is 2.78 bits per heavy atom. The number of rotatable bonds is 5. The van der Waals surface area contributed by atoms with Gasteiger partial charge in [0.2, 0.25) is 0 Å². The van der Waals surface area contributed by atoms with Crippen molar-refractivity contribution in [3.05, 3.63) is 22.4 Å². The molecule has 1 aliphatic heterocycles. The number of morpholine rings is 1. The summed E-state index contributed by atoms with van der Waals surface area (Å²) >= 11 is 1.69. The van der Waals surface area contributed by atoms with Gasteiger partial charge in [0.15, 0.2) is 0 Å². The second-order valence-electron chi connectivity index (χ2n) is 5.16. The Bertz CT molecular complexity index is 349. The molecule has 1 aromatic rings. The van der Waals surface area contributed by atoms with Gasteiger partial charge in [0.05, 0.1) is 19.3 Å². The molecule has 2 heterocycles. The SMILES string of the molecule is CCC(C)(C(O)Cc1ccsc1)N1CCOCC1. The van der Waals surface area contributed by atoms with Gasteiger partial charge in [0, 0.05) is 25.0 Å². The highest BCUT2D eigenvalue weighted by atomic mass is 32.1. The van der Waals surface area contributed by atoms with Crippen molar-refractivity contribution in [1.82, 2.24) is 4.90 Å². The van der Waals surface area contributed by atoms with Crippen molar-refractivity contribution in [3.63, 3.8) is 0 Å². The smallest absolute Gasteiger partial charge is 0.0761 e. The molecule has 1 N–H and O–H groups in total. The van der Waals surface area contributed by atoms with E-state index < -0.39 is 0 Å². The van der Waals surface area contributed by atoms with E-state index in [2.05, 4.69) is 35.6 Å². The number of ether oxygens (including phenoxy) is 1. The van der Waals surface area contributed by atoms with Crippen molar-refractivity contribution in [3.8, 4) is 0 Å². The van der Waals surface area contributed by atoms with Gasteiger partial charge in [-0.25, -0.2) is 0 Å². The Labute approximate surface area is 113 Å². The molecule has 2 rings (SSSR count). The van der Waals surface area contributed by atoms with E-state index in [-0.39, 0.29) is 11.6 Å². The van der Waals surface area contributed by atoms with Crippen LogP contribution in [0, 0.1) is 0 Å². The van der Waals surface area contributed by atoms with Crippen LogP contribution < -0.4 is 0 Å². The van der Waals surface area contributed by atoms with E-state index in [1.807, 2.05) is 0 Å². The molecule has 3 nitrogen and oxygen atoms in total. The van der Waals surface area contributed by atoms with E-state index in [1.165, 1.54) is 5.56 Å². The highest BCUT2D eigenvalue weighted by Crippen LogP contribution is 2.27. The summed E-state index contributed by atoms with van der Waals surface area (Å²) in [5.41, 5.74) is 1.09. The Balaban J connectivity index is 2.04. The third-order valence-electron chi connectivity index (χ3n) is 4.18. The molecule has 1 saturated heterocycles. The molecule has 2 atom stereocenters. The molecule has 4 heteroatoms. The molecule has 1 aliphatic rings. The Morgan fingerprint density at radius 1 is 1.50 bits per heavy atom. The summed E-state index contributed by atoms with van der Waals surface area (Å²) in [6.45, 7) is 7.74. The predicted octanol–water partition coefficient (Wildman–Crippen LogP) is 2.15. The molecule has 0 amide bonds. The summed E-state index contributed by atoms with van der Waals surface area (Å²) < 4.78 is 5.40. The lowest BCUT2D eigenvalue weighted by Crippen LogP contribution is -2.58. The van der Waals surface area contributed by atoms with Crippen molar-refractivity contribution < 1.29 is 9.84 Å². The largest absolute Gasteiger partial charge is 0.391 e. The first kappa shape index (κ1) is 14.0. The molecular weight excluding hydrogens is 246 g/mol. The molecule has 102 valence electrons. The summed E-state index contributed by atoms with van der Waals surface area (Å²) in [5, 5.41) is 14.8. The lowest BCUT2D eigenvalue weighted by Gasteiger charge is -2.45. The van der Waals surface area contributed by atoms with Crippen LogP contribution in [-0.4, -0.2) is 48.0 Å². The Morgan fingerprint density at radius 2 is 2.22 bits per heavy atom. The third kappa shape index (κ3) is 2.94. The fourth-order valence-corrected chi connectivity index (χ4v) is 3.28. The molecule has 0 aliphatic carbocycles. The number of hydrogen-bond donors (Lipinski definition) is 1. The van der Waals surface area contributed by atoms with Gasteiger partial charge < -0.3 is 9.84 Å². The fraction of sp³-hybridized carbons (Fsp3) is 0.714. The van der Waals surface area contributed by atoms with Crippen molar-refractivity contribution in [1.29, 1.82) is 0 Å². The molecule has 1 aromatic heterocycles. The molecule has 0 saturated carbocycles. The van der Waals surface area contributed by atoms with E-state index >= 15 is 0 Å². The van der Waals surface area contributed by atoms with Crippen LogP contribution in [0.1, 0.15) is 25.8 Å². The van der Waals surface area contributed by atoms with Gasteiger partial charge >= 0.3 is 0 Å². The Hall–Kier alpha value is -0.420. The van der Waals surface area contributed by atoms with Gasteiger partial charge in [-0.05, 0) is 35.7 Å². The normalized spacial score (nSPS) is 22.6. The second kappa shape index (κ2) is 6.15. The fourth-order valence-electron chi connectivity index (χ4n) is 2.60. The van der Waals surface area contributed by atoms with E-state index in [1.54, 1.807) is 11.3 Å². The number of aliphatic hydroxyl groups excluding tert-OH is 1. The highest BCUT2D eigenvalue weighted by molar-refractivity contribution is 7.07. The van der Waals surface area contributed by atoms with Gasteiger partial charge in [-0.1, -0.05) is 6.92 Å². The van der Waals surface area contributed by atoms with Crippen molar-refractivity contribution >= 4 is 11.3 Å². The van der Waals surface area contributed by atoms with Crippen LogP contribution in [-0.2, 0) is 11.2 Å².